The van der Waals surface area contributed by atoms with Gasteiger partial charge in [-0.1, -0.05) is 20.8 Å². The first kappa shape index (κ1) is 13.8. The molecule has 0 radical (unpaired) electrons. The molecular formula is C16H18F2O. The van der Waals surface area contributed by atoms with Crippen molar-refractivity contribution in [3.05, 3.63) is 42.0 Å². The number of benzene rings is 2. The van der Waals surface area contributed by atoms with Gasteiger partial charge >= 0.3 is 0 Å². The minimum atomic E-state index is -0.390. The Balaban J connectivity index is 2.28. The van der Waals surface area contributed by atoms with Gasteiger partial charge in [-0.25, -0.2) is 8.78 Å². The first-order chi connectivity index (χ1) is 8.87. The van der Waals surface area contributed by atoms with Crippen LogP contribution in [0.4, 0.5) is 8.78 Å². The lowest BCUT2D eigenvalue weighted by Crippen LogP contribution is -2.11. The second-order valence-corrected chi connectivity index (χ2v) is 5.89. The normalized spacial score (nSPS) is 11.8. The van der Waals surface area contributed by atoms with E-state index in [1.54, 1.807) is 6.07 Å². The van der Waals surface area contributed by atoms with Crippen molar-refractivity contribution in [3.63, 3.8) is 0 Å². The highest BCUT2D eigenvalue weighted by molar-refractivity contribution is 5.88. The van der Waals surface area contributed by atoms with Crippen molar-refractivity contribution in [2.24, 2.45) is 5.41 Å². The first-order valence-electron chi connectivity index (χ1n) is 6.37. The molecular weight excluding hydrogens is 246 g/mol. The van der Waals surface area contributed by atoms with Gasteiger partial charge in [0.25, 0.3) is 0 Å². The summed E-state index contributed by atoms with van der Waals surface area (Å²) < 4.78 is 32.6. The number of hydrogen-bond acceptors (Lipinski definition) is 1. The van der Waals surface area contributed by atoms with Crippen LogP contribution < -0.4 is 4.74 Å². The maximum Gasteiger partial charge on any atom is 0.131 e. The van der Waals surface area contributed by atoms with E-state index in [9.17, 15) is 8.78 Å². The van der Waals surface area contributed by atoms with E-state index < -0.39 is 5.82 Å². The van der Waals surface area contributed by atoms with Gasteiger partial charge in [-0.15, -0.1) is 0 Å². The van der Waals surface area contributed by atoms with Crippen LogP contribution in [0.15, 0.2) is 30.3 Å². The summed E-state index contributed by atoms with van der Waals surface area (Å²) in [6.45, 7) is 6.90. The third-order valence-corrected chi connectivity index (χ3v) is 3.00. The molecule has 0 unspecified atom stereocenters. The van der Waals surface area contributed by atoms with Crippen LogP contribution in [0.25, 0.3) is 10.8 Å². The van der Waals surface area contributed by atoms with E-state index in [4.69, 9.17) is 4.74 Å². The molecule has 1 nitrogen and oxygen atoms in total. The molecule has 19 heavy (non-hydrogen) atoms. The van der Waals surface area contributed by atoms with Crippen LogP contribution in [-0.4, -0.2) is 6.61 Å². The highest BCUT2D eigenvalue weighted by atomic mass is 19.1. The standard InChI is InChI=1S/C16H18F2O/c1-16(2,3)8-9-19-15-7-6-14(18)12-5-4-11(17)10-13(12)15/h4-7,10H,8-9H2,1-3H3. The zero-order valence-electron chi connectivity index (χ0n) is 11.5. The molecule has 0 aliphatic carbocycles. The van der Waals surface area contributed by atoms with Crippen molar-refractivity contribution in [2.45, 2.75) is 27.2 Å². The Hall–Kier alpha value is -1.64. The van der Waals surface area contributed by atoms with Crippen molar-refractivity contribution >= 4 is 10.8 Å². The van der Waals surface area contributed by atoms with E-state index in [0.29, 0.717) is 23.1 Å². The molecule has 0 spiro atoms. The van der Waals surface area contributed by atoms with E-state index in [1.165, 1.54) is 24.3 Å². The van der Waals surface area contributed by atoms with Crippen molar-refractivity contribution in [1.82, 2.24) is 0 Å². The third kappa shape index (κ3) is 3.43. The smallest absolute Gasteiger partial charge is 0.131 e. The van der Waals surface area contributed by atoms with Crippen molar-refractivity contribution in [3.8, 4) is 5.75 Å². The zero-order chi connectivity index (χ0) is 14.0. The molecule has 2 rings (SSSR count). The number of fused-ring (bicyclic) bond motifs is 1. The lowest BCUT2D eigenvalue weighted by atomic mass is 9.93. The second kappa shape index (κ2) is 5.16. The summed E-state index contributed by atoms with van der Waals surface area (Å²) in [5.41, 5.74) is 0.168. The van der Waals surface area contributed by atoms with E-state index in [1.807, 2.05) is 0 Å². The largest absolute Gasteiger partial charge is 0.493 e. The van der Waals surface area contributed by atoms with Crippen LogP contribution in [0.1, 0.15) is 27.2 Å². The monoisotopic (exact) mass is 264 g/mol. The fraction of sp³-hybridized carbons (Fsp3) is 0.375. The summed E-state index contributed by atoms with van der Waals surface area (Å²) >= 11 is 0. The van der Waals surface area contributed by atoms with Crippen LogP contribution in [0.2, 0.25) is 0 Å². The Bertz CT molecular complexity index is 585. The summed E-state index contributed by atoms with van der Waals surface area (Å²) in [5.74, 6) is -0.225. The Morgan fingerprint density at radius 3 is 2.42 bits per heavy atom. The van der Waals surface area contributed by atoms with Crippen molar-refractivity contribution in [1.29, 1.82) is 0 Å². The molecule has 0 fully saturated rings. The fourth-order valence-corrected chi connectivity index (χ4v) is 1.85. The maximum absolute atomic E-state index is 13.6. The average Bonchev–Trinajstić information content (AvgIpc) is 2.30. The summed E-state index contributed by atoms with van der Waals surface area (Å²) in [6.07, 6.45) is 0.876. The number of hydrogen-bond donors (Lipinski definition) is 0. The molecule has 2 aromatic carbocycles. The topological polar surface area (TPSA) is 9.23 Å². The molecule has 0 aromatic heterocycles. The number of rotatable bonds is 3. The van der Waals surface area contributed by atoms with Crippen LogP contribution in [0.3, 0.4) is 0 Å². The fourth-order valence-electron chi connectivity index (χ4n) is 1.85. The molecule has 0 saturated carbocycles. The summed E-state index contributed by atoms with van der Waals surface area (Å²) in [5, 5.41) is 0.864. The van der Waals surface area contributed by atoms with Crippen molar-refractivity contribution < 1.29 is 13.5 Å². The maximum atomic E-state index is 13.6. The predicted molar refractivity (Wildman–Crippen MR) is 73.4 cm³/mol. The Morgan fingerprint density at radius 2 is 1.74 bits per heavy atom. The minimum Gasteiger partial charge on any atom is -0.493 e. The Kier molecular flexibility index (Phi) is 3.74. The SMILES string of the molecule is CC(C)(C)CCOc1ccc(F)c2ccc(F)cc12. The van der Waals surface area contributed by atoms with Crippen LogP contribution in [0.5, 0.6) is 5.75 Å². The number of ether oxygens (including phenoxy) is 1. The average molecular weight is 264 g/mol. The van der Waals surface area contributed by atoms with Gasteiger partial charge in [-0.05, 0) is 42.2 Å². The molecule has 0 N–H and O–H groups in total. The summed E-state index contributed by atoms with van der Waals surface area (Å²) in [4.78, 5) is 0. The van der Waals surface area contributed by atoms with Gasteiger partial charge in [-0.3, -0.25) is 0 Å². The van der Waals surface area contributed by atoms with E-state index in [0.717, 1.165) is 6.42 Å². The Morgan fingerprint density at radius 1 is 1.00 bits per heavy atom. The molecule has 0 heterocycles. The van der Waals surface area contributed by atoms with Gasteiger partial charge in [0.1, 0.15) is 17.4 Å². The van der Waals surface area contributed by atoms with Gasteiger partial charge < -0.3 is 4.74 Å². The van der Waals surface area contributed by atoms with E-state index in [2.05, 4.69) is 20.8 Å². The number of halogens is 2. The van der Waals surface area contributed by atoms with Crippen LogP contribution >= 0.6 is 0 Å². The molecule has 102 valence electrons. The van der Waals surface area contributed by atoms with Crippen molar-refractivity contribution in [2.75, 3.05) is 6.61 Å². The van der Waals surface area contributed by atoms with Gasteiger partial charge in [0, 0.05) is 10.8 Å². The van der Waals surface area contributed by atoms with E-state index >= 15 is 0 Å². The molecule has 0 saturated heterocycles. The minimum absolute atomic E-state index is 0.168. The molecule has 0 bridgehead atoms. The third-order valence-electron chi connectivity index (χ3n) is 3.00. The zero-order valence-corrected chi connectivity index (χ0v) is 11.5. The lowest BCUT2D eigenvalue weighted by Gasteiger charge is -2.18. The second-order valence-electron chi connectivity index (χ2n) is 5.89. The molecule has 2 aromatic rings. The van der Waals surface area contributed by atoms with Gasteiger partial charge in [0.05, 0.1) is 6.61 Å². The molecule has 0 atom stereocenters. The lowest BCUT2D eigenvalue weighted by molar-refractivity contribution is 0.245. The Labute approximate surface area is 112 Å². The van der Waals surface area contributed by atoms with E-state index in [-0.39, 0.29) is 11.2 Å². The summed E-state index contributed by atoms with van der Waals surface area (Å²) in [7, 11) is 0. The predicted octanol–water partition coefficient (Wildman–Crippen LogP) is 4.93. The van der Waals surface area contributed by atoms with Gasteiger partial charge in [0.2, 0.25) is 0 Å². The first-order valence-corrected chi connectivity index (χ1v) is 6.37. The summed E-state index contributed by atoms with van der Waals surface area (Å²) in [6, 6.07) is 6.91. The highest BCUT2D eigenvalue weighted by Gasteiger charge is 2.12. The van der Waals surface area contributed by atoms with Crippen LogP contribution in [-0.2, 0) is 0 Å². The highest BCUT2D eigenvalue weighted by Crippen LogP contribution is 2.29. The van der Waals surface area contributed by atoms with Gasteiger partial charge in [-0.2, -0.15) is 0 Å². The van der Waals surface area contributed by atoms with Crippen LogP contribution in [0, 0.1) is 17.0 Å². The van der Waals surface area contributed by atoms with Gasteiger partial charge in [0.15, 0.2) is 0 Å². The molecule has 0 aliphatic rings. The quantitative estimate of drug-likeness (QED) is 0.763. The molecule has 3 heteroatoms. The molecule has 0 amide bonds. The molecule has 0 aliphatic heterocycles.